The second-order valence-electron chi connectivity index (χ2n) is 4.12. The van der Waals surface area contributed by atoms with Crippen LogP contribution < -0.4 is 0 Å². The summed E-state index contributed by atoms with van der Waals surface area (Å²) in [5.74, 6) is 0.573. The molecular formula is C10H15N5O2S. The highest BCUT2D eigenvalue weighted by atomic mass is 32.2. The van der Waals surface area contributed by atoms with Gasteiger partial charge >= 0.3 is 0 Å². The van der Waals surface area contributed by atoms with Gasteiger partial charge in [0.15, 0.2) is 5.03 Å². The van der Waals surface area contributed by atoms with Crippen LogP contribution in [-0.2, 0) is 23.6 Å². The third-order valence-electron chi connectivity index (χ3n) is 2.53. The van der Waals surface area contributed by atoms with Crippen LogP contribution in [0.1, 0.15) is 11.4 Å². The van der Waals surface area contributed by atoms with Gasteiger partial charge in [-0.25, -0.2) is 13.4 Å². The number of nitrogens with zero attached hydrogens (tertiary/aromatic N) is 4. The van der Waals surface area contributed by atoms with Crippen molar-refractivity contribution < 1.29 is 8.42 Å². The number of aromatic nitrogens is 4. The first kappa shape index (κ1) is 12.8. The van der Waals surface area contributed by atoms with Gasteiger partial charge in [-0.1, -0.05) is 0 Å². The number of sulfonamides is 1. The molecule has 98 valence electrons. The number of hydrogen-bond acceptors (Lipinski definition) is 4. The fourth-order valence-electron chi connectivity index (χ4n) is 1.59. The monoisotopic (exact) mass is 269 g/mol. The molecule has 0 unspecified atom stereocenters. The molecule has 1 N–H and O–H groups in total. The quantitative estimate of drug-likeness (QED) is 0.863. The molecule has 0 spiro atoms. The summed E-state index contributed by atoms with van der Waals surface area (Å²) in [6.07, 6.45) is 4.75. The molecule has 0 fully saturated rings. The lowest BCUT2D eigenvalue weighted by Gasteiger charge is -2.14. The van der Waals surface area contributed by atoms with Crippen molar-refractivity contribution in [2.75, 3.05) is 7.05 Å². The van der Waals surface area contributed by atoms with E-state index in [9.17, 15) is 8.42 Å². The van der Waals surface area contributed by atoms with Crippen LogP contribution in [0.2, 0.25) is 0 Å². The number of imidazole rings is 1. The van der Waals surface area contributed by atoms with E-state index in [4.69, 9.17) is 0 Å². The Morgan fingerprint density at radius 1 is 1.44 bits per heavy atom. The van der Waals surface area contributed by atoms with Gasteiger partial charge in [0, 0.05) is 32.4 Å². The lowest BCUT2D eigenvalue weighted by Crippen LogP contribution is -2.26. The van der Waals surface area contributed by atoms with Crippen molar-refractivity contribution in [3.63, 3.8) is 0 Å². The van der Waals surface area contributed by atoms with Crippen molar-refractivity contribution in [3.05, 3.63) is 30.0 Å². The Kier molecular flexibility index (Phi) is 3.22. The second kappa shape index (κ2) is 4.54. The summed E-state index contributed by atoms with van der Waals surface area (Å²) in [6, 6.07) is 0. The summed E-state index contributed by atoms with van der Waals surface area (Å²) in [6.45, 7) is 1.98. The van der Waals surface area contributed by atoms with Crippen LogP contribution in [0.5, 0.6) is 0 Å². The minimum absolute atomic E-state index is 0.103. The number of H-pyrrole nitrogens is 1. The fraction of sp³-hybridized carbons (Fsp3) is 0.400. The topological polar surface area (TPSA) is 83.9 Å². The highest BCUT2D eigenvalue weighted by Gasteiger charge is 2.23. The maximum absolute atomic E-state index is 12.2. The van der Waals surface area contributed by atoms with E-state index in [0.29, 0.717) is 5.82 Å². The van der Waals surface area contributed by atoms with E-state index in [1.54, 1.807) is 31.0 Å². The normalized spacial score (nSPS) is 12.2. The molecule has 0 aliphatic carbocycles. The summed E-state index contributed by atoms with van der Waals surface area (Å²) in [5.41, 5.74) is 0.833. The summed E-state index contributed by atoms with van der Waals surface area (Å²) >= 11 is 0. The Bertz CT molecular complexity index is 643. The first-order valence-corrected chi connectivity index (χ1v) is 6.79. The van der Waals surface area contributed by atoms with Crippen LogP contribution in [0, 0.1) is 6.92 Å². The van der Waals surface area contributed by atoms with Crippen LogP contribution in [-0.4, -0.2) is 39.5 Å². The molecule has 7 nitrogen and oxygen atoms in total. The Labute approximate surface area is 106 Å². The summed E-state index contributed by atoms with van der Waals surface area (Å²) in [4.78, 5) is 6.63. The van der Waals surface area contributed by atoms with Crippen molar-refractivity contribution in [2.24, 2.45) is 7.05 Å². The van der Waals surface area contributed by atoms with Crippen LogP contribution in [0.15, 0.2) is 23.6 Å². The van der Waals surface area contributed by atoms with Gasteiger partial charge in [-0.2, -0.15) is 9.40 Å². The number of rotatable bonds is 4. The standard InChI is InChI=1S/C10H15N5O2S/c1-8-11-5-10(13-8)18(16,17)15(3)7-9-4-12-14(2)6-9/h4-6H,7H2,1-3H3,(H,11,13). The van der Waals surface area contributed by atoms with Crippen molar-refractivity contribution in [3.8, 4) is 0 Å². The minimum Gasteiger partial charge on any atom is -0.332 e. The summed E-state index contributed by atoms with van der Waals surface area (Å²) in [7, 11) is -0.215. The fourth-order valence-corrected chi connectivity index (χ4v) is 2.71. The Morgan fingerprint density at radius 2 is 2.17 bits per heavy atom. The molecule has 0 bridgehead atoms. The molecule has 2 aromatic heterocycles. The lowest BCUT2D eigenvalue weighted by molar-refractivity contribution is 0.464. The molecule has 0 aliphatic heterocycles. The molecular weight excluding hydrogens is 254 g/mol. The first-order valence-electron chi connectivity index (χ1n) is 5.35. The lowest BCUT2D eigenvalue weighted by atomic mass is 10.4. The van der Waals surface area contributed by atoms with Crippen molar-refractivity contribution >= 4 is 10.0 Å². The zero-order valence-electron chi connectivity index (χ0n) is 10.5. The smallest absolute Gasteiger partial charge is 0.260 e. The average Bonchev–Trinajstić information content (AvgIpc) is 2.88. The van der Waals surface area contributed by atoms with E-state index in [1.807, 2.05) is 0 Å². The van der Waals surface area contributed by atoms with E-state index in [0.717, 1.165) is 5.56 Å². The van der Waals surface area contributed by atoms with Crippen LogP contribution in [0.25, 0.3) is 0 Å². The van der Waals surface area contributed by atoms with Gasteiger partial charge in [-0.15, -0.1) is 0 Å². The van der Waals surface area contributed by atoms with Gasteiger partial charge in [0.2, 0.25) is 0 Å². The van der Waals surface area contributed by atoms with Crippen molar-refractivity contribution in [1.82, 2.24) is 24.1 Å². The molecule has 2 heterocycles. The maximum Gasteiger partial charge on any atom is 0.260 e. The summed E-state index contributed by atoms with van der Waals surface area (Å²) < 4.78 is 27.3. The Hall–Kier alpha value is -1.67. The van der Waals surface area contributed by atoms with Gasteiger partial charge in [-0.3, -0.25) is 4.68 Å². The molecule has 0 radical (unpaired) electrons. The largest absolute Gasteiger partial charge is 0.332 e. The molecule has 0 saturated heterocycles. The van der Waals surface area contributed by atoms with Crippen molar-refractivity contribution in [1.29, 1.82) is 0 Å². The third kappa shape index (κ3) is 2.44. The molecule has 8 heteroatoms. The molecule has 0 aliphatic rings. The van der Waals surface area contributed by atoms with Crippen LogP contribution >= 0.6 is 0 Å². The highest BCUT2D eigenvalue weighted by Crippen LogP contribution is 2.14. The molecule has 2 rings (SSSR count). The van der Waals surface area contributed by atoms with E-state index in [1.165, 1.54) is 17.5 Å². The maximum atomic E-state index is 12.2. The zero-order valence-corrected chi connectivity index (χ0v) is 11.3. The van der Waals surface area contributed by atoms with E-state index in [2.05, 4.69) is 15.1 Å². The summed E-state index contributed by atoms with van der Waals surface area (Å²) in [5, 5.41) is 4.11. The number of aromatic amines is 1. The van der Waals surface area contributed by atoms with E-state index in [-0.39, 0.29) is 11.6 Å². The molecule has 0 amide bonds. The van der Waals surface area contributed by atoms with Crippen molar-refractivity contribution in [2.45, 2.75) is 18.5 Å². The zero-order chi connectivity index (χ0) is 13.3. The molecule has 0 saturated carbocycles. The molecule has 0 aromatic carbocycles. The van der Waals surface area contributed by atoms with Gasteiger partial charge in [-0.05, 0) is 6.92 Å². The Morgan fingerprint density at radius 3 is 2.67 bits per heavy atom. The first-order chi connectivity index (χ1) is 8.39. The van der Waals surface area contributed by atoms with Gasteiger partial charge in [0.25, 0.3) is 10.0 Å². The second-order valence-corrected chi connectivity index (χ2v) is 6.13. The van der Waals surface area contributed by atoms with Crippen LogP contribution in [0.4, 0.5) is 0 Å². The minimum atomic E-state index is -3.53. The van der Waals surface area contributed by atoms with Crippen LogP contribution in [0.3, 0.4) is 0 Å². The van der Waals surface area contributed by atoms with E-state index < -0.39 is 10.0 Å². The van der Waals surface area contributed by atoms with E-state index >= 15 is 0 Å². The van der Waals surface area contributed by atoms with Gasteiger partial charge < -0.3 is 4.98 Å². The van der Waals surface area contributed by atoms with Gasteiger partial charge in [0.1, 0.15) is 5.82 Å². The average molecular weight is 269 g/mol. The number of aryl methyl sites for hydroxylation is 2. The molecule has 18 heavy (non-hydrogen) atoms. The predicted octanol–water partition coefficient (Wildman–Crippen LogP) is 0.272. The number of nitrogens with one attached hydrogen (secondary N) is 1. The number of hydrogen-bond donors (Lipinski definition) is 1. The van der Waals surface area contributed by atoms with Gasteiger partial charge in [0.05, 0.1) is 12.4 Å². The highest BCUT2D eigenvalue weighted by molar-refractivity contribution is 7.89. The Balaban J connectivity index is 2.20. The SMILES string of the molecule is Cc1ncc(S(=O)(=O)N(C)Cc2cnn(C)c2)[nH]1. The molecule has 2 aromatic rings. The molecule has 0 atom stereocenters. The third-order valence-corrected chi connectivity index (χ3v) is 4.24. The predicted molar refractivity (Wildman–Crippen MR) is 65.2 cm³/mol.